The number of anilines is 1. The maximum atomic E-state index is 5.03. The zero-order valence-corrected chi connectivity index (χ0v) is 12.5. The molecule has 0 spiro atoms. The smallest absolute Gasteiger partial charge is 0.206 e. The van der Waals surface area contributed by atoms with Crippen LogP contribution in [0.4, 0.5) is 5.13 Å². The minimum absolute atomic E-state index is 0.609. The summed E-state index contributed by atoms with van der Waals surface area (Å²) in [6, 6.07) is 0.609. The second kappa shape index (κ2) is 7.96. The van der Waals surface area contributed by atoms with E-state index in [0.717, 1.165) is 28.3 Å². The third-order valence-electron chi connectivity index (χ3n) is 3.06. The standard InChI is InChI=1S/C12H21N3OS2/c1-16-8-5-9-17-12-15-14-11(18-12)13-10-6-3-2-4-7-10/h10H,2-9H2,1H3,(H,13,14). The van der Waals surface area contributed by atoms with Crippen LogP contribution in [0.15, 0.2) is 4.34 Å². The van der Waals surface area contributed by atoms with Crippen molar-refractivity contribution in [3.8, 4) is 0 Å². The van der Waals surface area contributed by atoms with E-state index in [1.54, 1.807) is 30.2 Å². The molecule has 4 nitrogen and oxygen atoms in total. The van der Waals surface area contributed by atoms with Crippen LogP contribution in [-0.2, 0) is 4.74 Å². The van der Waals surface area contributed by atoms with Gasteiger partial charge in [0.05, 0.1) is 0 Å². The molecule has 1 fully saturated rings. The second-order valence-corrected chi connectivity index (χ2v) is 6.87. The summed E-state index contributed by atoms with van der Waals surface area (Å²) in [5.74, 6) is 1.05. The number of aromatic nitrogens is 2. The molecule has 1 N–H and O–H groups in total. The van der Waals surface area contributed by atoms with Crippen molar-refractivity contribution in [2.24, 2.45) is 0 Å². The Morgan fingerprint density at radius 2 is 2.17 bits per heavy atom. The van der Waals surface area contributed by atoms with E-state index < -0.39 is 0 Å². The van der Waals surface area contributed by atoms with Gasteiger partial charge < -0.3 is 10.1 Å². The molecule has 0 atom stereocenters. The zero-order chi connectivity index (χ0) is 12.6. The molecule has 6 heteroatoms. The van der Waals surface area contributed by atoms with Crippen molar-refractivity contribution in [1.29, 1.82) is 0 Å². The fraction of sp³-hybridized carbons (Fsp3) is 0.833. The Bertz CT molecular complexity index is 340. The average molecular weight is 287 g/mol. The first-order chi connectivity index (χ1) is 8.88. The van der Waals surface area contributed by atoms with Gasteiger partial charge in [-0.05, 0) is 19.3 Å². The lowest BCUT2D eigenvalue weighted by Gasteiger charge is -2.21. The SMILES string of the molecule is COCCCSc1nnc(NC2CCCCC2)s1. The minimum atomic E-state index is 0.609. The zero-order valence-electron chi connectivity index (χ0n) is 10.9. The highest BCUT2D eigenvalue weighted by molar-refractivity contribution is 8.01. The molecule has 0 aliphatic heterocycles. The van der Waals surface area contributed by atoms with Crippen molar-refractivity contribution < 1.29 is 4.74 Å². The maximum absolute atomic E-state index is 5.03. The second-order valence-electron chi connectivity index (χ2n) is 4.55. The molecule has 0 saturated heterocycles. The van der Waals surface area contributed by atoms with Crippen molar-refractivity contribution in [3.05, 3.63) is 0 Å². The molecule has 0 unspecified atom stereocenters. The van der Waals surface area contributed by atoms with Gasteiger partial charge in [-0.25, -0.2) is 0 Å². The van der Waals surface area contributed by atoms with Gasteiger partial charge in [0.2, 0.25) is 5.13 Å². The van der Waals surface area contributed by atoms with Gasteiger partial charge in [0.15, 0.2) is 4.34 Å². The van der Waals surface area contributed by atoms with E-state index in [4.69, 9.17) is 4.74 Å². The van der Waals surface area contributed by atoms with Gasteiger partial charge in [0, 0.05) is 25.5 Å². The molecule has 0 aromatic carbocycles. The van der Waals surface area contributed by atoms with Crippen LogP contribution in [-0.4, -0.2) is 35.7 Å². The lowest BCUT2D eigenvalue weighted by molar-refractivity contribution is 0.200. The number of rotatable bonds is 7. The van der Waals surface area contributed by atoms with Crippen LogP contribution in [0.1, 0.15) is 38.5 Å². The Morgan fingerprint density at radius 1 is 1.33 bits per heavy atom. The number of ether oxygens (including phenoxy) is 1. The number of nitrogens with zero attached hydrogens (tertiary/aromatic N) is 2. The minimum Gasteiger partial charge on any atom is -0.385 e. The molecule has 102 valence electrons. The van der Waals surface area contributed by atoms with Gasteiger partial charge in [-0.1, -0.05) is 42.4 Å². The van der Waals surface area contributed by atoms with Gasteiger partial charge in [-0.2, -0.15) is 0 Å². The van der Waals surface area contributed by atoms with Gasteiger partial charge in [0.1, 0.15) is 0 Å². The molecule has 1 aromatic rings. The Balaban J connectivity index is 1.71. The number of thioether (sulfide) groups is 1. The van der Waals surface area contributed by atoms with E-state index in [0.29, 0.717) is 6.04 Å². The first kappa shape index (κ1) is 14.1. The Morgan fingerprint density at radius 3 is 2.94 bits per heavy atom. The molecule has 1 aliphatic rings. The van der Waals surface area contributed by atoms with Crippen LogP contribution in [0.2, 0.25) is 0 Å². The topological polar surface area (TPSA) is 47.0 Å². The fourth-order valence-electron chi connectivity index (χ4n) is 2.11. The first-order valence-electron chi connectivity index (χ1n) is 6.60. The van der Waals surface area contributed by atoms with Crippen molar-refractivity contribution >= 4 is 28.2 Å². The van der Waals surface area contributed by atoms with Crippen molar-refractivity contribution in [1.82, 2.24) is 10.2 Å². The van der Waals surface area contributed by atoms with Crippen molar-refractivity contribution in [3.63, 3.8) is 0 Å². The summed E-state index contributed by atoms with van der Waals surface area (Å²) in [5.41, 5.74) is 0. The van der Waals surface area contributed by atoms with E-state index in [9.17, 15) is 0 Å². The van der Waals surface area contributed by atoms with E-state index in [1.807, 2.05) is 0 Å². The van der Waals surface area contributed by atoms with Crippen LogP contribution < -0.4 is 5.32 Å². The third-order valence-corrected chi connectivity index (χ3v) is 5.13. The maximum Gasteiger partial charge on any atom is 0.206 e. The van der Waals surface area contributed by atoms with E-state index in [1.165, 1.54) is 32.1 Å². The van der Waals surface area contributed by atoms with Gasteiger partial charge in [-0.15, -0.1) is 10.2 Å². The van der Waals surface area contributed by atoms with Crippen molar-refractivity contribution in [2.75, 3.05) is 24.8 Å². The van der Waals surface area contributed by atoms with Crippen LogP contribution in [0.25, 0.3) is 0 Å². The Kier molecular flexibility index (Phi) is 6.23. The summed E-state index contributed by atoms with van der Waals surface area (Å²) < 4.78 is 6.09. The molecule has 0 radical (unpaired) electrons. The molecule has 18 heavy (non-hydrogen) atoms. The predicted molar refractivity (Wildman–Crippen MR) is 77.6 cm³/mol. The fourth-order valence-corrected chi connectivity index (χ4v) is 3.92. The van der Waals surface area contributed by atoms with E-state index in [-0.39, 0.29) is 0 Å². The number of hydrogen-bond donors (Lipinski definition) is 1. The monoisotopic (exact) mass is 287 g/mol. The Hall–Kier alpha value is -0.330. The number of hydrogen-bond acceptors (Lipinski definition) is 6. The summed E-state index contributed by atoms with van der Waals surface area (Å²) in [5, 5.41) is 12.9. The molecule has 1 saturated carbocycles. The Labute approximate surface area is 117 Å². The third kappa shape index (κ3) is 4.74. The molecular weight excluding hydrogens is 266 g/mol. The van der Waals surface area contributed by atoms with Gasteiger partial charge >= 0.3 is 0 Å². The quantitative estimate of drug-likeness (QED) is 0.615. The van der Waals surface area contributed by atoms with Gasteiger partial charge in [0.25, 0.3) is 0 Å². The lowest BCUT2D eigenvalue weighted by atomic mass is 9.96. The van der Waals surface area contributed by atoms with Crippen LogP contribution in [0, 0.1) is 0 Å². The number of methoxy groups -OCH3 is 1. The van der Waals surface area contributed by atoms with Crippen molar-refractivity contribution in [2.45, 2.75) is 48.9 Å². The van der Waals surface area contributed by atoms with E-state index >= 15 is 0 Å². The molecule has 0 bridgehead atoms. The largest absolute Gasteiger partial charge is 0.385 e. The molecule has 2 rings (SSSR count). The molecule has 0 amide bonds. The highest BCUT2D eigenvalue weighted by atomic mass is 32.2. The summed E-state index contributed by atoms with van der Waals surface area (Å²) in [7, 11) is 1.74. The highest BCUT2D eigenvalue weighted by Gasteiger charge is 2.15. The normalized spacial score (nSPS) is 16.9. The molecular formula is C12H21N3OS2. The summed E-state index contributed by atoms with van der Waals surface area (Å²) in [6.45, 7) is 0.818. The predicted octanol–water partition coefficient (Wildman–Crippen LogP) is 3.41. The summed E-state index contributed by atoms with van der Waals surface area (Å²) in [4.78, 5) is 0. The average Bonchev–Trinajstić information content (AvgIpc) is 2.84. The van der Waals surface area contributed by atoms with Crippen LogP contribution in [0.5, 0.6) is 0 Å². The summed E-state index contributed by atoms with van der Waals surface area (Å²) >= 11 is 3.44. The van der Waals surface area contributed by atoms with Gasteiger partial charge in [-0.3, -0.25) is 0 Å². The first-order valence-corrected chi connectivity index (χ1v) is 8.40. The van der Waals surface area contributed by atoms with E-state index in [2.05, 4.69) is 15.5 Å². The molecule has 1 aliphatic carbocycles. The van der Waals surface area contributed by atoms with Crippen LogP contribution >= 0.6 is 23.1 Å². The molecule has 1 heterocycles. The summed E-state index contributed by atoms with van der Waals surface area (Å²) in [6.07, 6.45) is 7.68. The highest BCUT2D eigenvalue weighted by Crippen LogP contribution is 2.28. The molecule has 1 aromatic heterocycles. The lowest BCUT2D eigenvalue weighted by Crippen LogP contribution is -2.21. The van der Waals surface area contributed by atoms with Crippen LogP contribution in [0.3, 0.4) is 0 Å². The number of nitrogens with one attached hydrogen (secondary N) is 1.